The van der Waals surface area contributed by atoms with E-state index in [2.05, 4.69) is 46.1 Å². The third kappa shape index (κ3) is 5.84. The second-order valence-electron chi connectivity index (χ2n) is 7.28. The van der Waals surface area contributed by atoms with Crippen molar-refractivity contribution in [3.05, 3.63) is 65.2 Å². The zero-order chi connectivity index (χ0) is 20.8. The molecule has 2 aromatic carbocycles. The maximum absolute atomic E-state index is 12.4. The minimum absolute atomic E-state index is 0.00556. The molecule has 0 saturated heterocycles. The van der Waals surface area contributed by atoms with Crippen LogP contribution in [0.25, 0.3) is 11.4 Å². The molecule has 1 heterocycles. The summed E-state index contributed by atoms with van der Waals surface area (Å²) in [6, 6.07) is 17.7. The number of rotatable bonds is 8. The highest BCUT2D eigenvalue weighted by atomic mass is 35.5. The Labute approximate surface area is 180 Å². The van der Waals surface area contributed by atoms with Gasteiger partial charge in [0.25, 0.3) is 0 Å². The van der Waals surface area contributed by atoms with Crippen LogP contribution in [-0.4, -0.2) is 32.5 Å². The van der Waals surface area contributed by atoms with E-state index in [1.807, 2.05) is 49.4 Å². The maximum atomic E-state index is 12.4. The molecule has 1 atom stereocenters. The molecule has 0 aliphatic carbocycles. The Bertz CT molecular complexity index is 941. The van der Waals surface area contributed by atoms with Gasteiger partial charge in [-0.1, -0.05) is 67.5 Å². The third-order valence-electron chi connectivity index (χ3n) is 4.34. The highest BCUT2D eigenvalue weighted by Gasteiger charge is 2.21. The first-order valence-corrected chi connectivity index (χ1v) is 10.9. The zero-order valence-corrected chi connectivity index (χ0v) is 18.4. The van der Waals surface area contributed by atoms with Gasteiger partial charge in [-0.2, -0.15) is 0 Å². The van der Waals surface area contributed by atoms with Gasteiger partial charge in [0.15, 0.2) is 11.0 Å². The van der Waals surface area contributed by atoms with Crippen molar-refractivity contribution >= 4 is 29.3 Å². The van der Waals surface area contributed by atoms with Crippen LogP contribution in [0, 0.1) is 5.92 Å². The number of hydrogen-bond acceptors (Lipinski definition) is 4. The molecule has 5 nitrogen and oxygen atoms in total. The van der Waals surface area contributed by atoms with Gasteiger partial charge in [-0.3, -0.25) is 9.36 Å². The molecule has 152 valence electrons. The fourth-order valence-corrected chi connectivity index (χ4v) is 3.76. The normalized spacial score (nSPS) is 12.2. The Morgan fingerprint density at radius 1 is 1.07 bits per heavy atom. The first-order valence-electron chi connectivity index (χ1n) is 9.61. The molecule has 7 heteroatoms. The molecular formula is C22H25ClN4OS. The van der Waals surface area contributed by atoms with Crippen LogP contribution in [0.4, 0.5) is 0 Å². The average Bonchev–Trinajstić information content (AvgIpc) is 3.09. The van der Waals surface area contributed by atoms with Crippen molar-refractivity contribution in [2.75, 3.05) is 6.54 Å². The van der Waals surface area contributed by atoms with E-state index < -0.39 is 0 Å². The van der Waals surface area contributed by atoms with Gasteiger partial charge in [0.1, 0.15) is 0 Å². The SMILES string of the molecule is CC(C)CNC(=O)C(C)Sc1nnc(-c2ccc(Cl)cc2)n1Cc1ccccc1. The van der Waals surface area contributed by atoms with Gasteiger partial charge < -0.3 is 5.32 Å². The number of thioether (sulfide) groups is 1. The molecule has 3 aromatic rings. The van der Waals surface area contributed by atoms with Crippen molar-refractivity contribution in [2.45, 2.75) is 37.7 Å². The number of carbonyl (C=O) groups is 1. The number of halogens is 1. The van der Waals surface area contributed by atoms with Crippen molar-refractivity contribution in [3.8, 4) is 11.4 Å². The minimum atomic E-state index is -0.273. The van der Waals surface area contributed by atoms with E-state index in [4.69, 9.17) is 11.6 Å². The van der Waals surface area contributed by atoms with Gasteiger partial charge in [-0.05, 0) is 42.7 Å². The first kappa shape index (κ1) is 21.4. The first-order chi connectivity index (χ1) is 13.9. The summed E-state index contributed by atoms with van der Waals surface area (Å²) in [6.45, 7) is 7.33. The maximum Gasteiger partial charge on any atom is 0.233 e. The summed E-state index contributed by atoms with van der Waals surface area (Å²) in [7, 11) is 0. The standard InChI is InChI=1S/C22H25ClN4OS/c1-15(2)13-24-21(28)16(3)29-22-26-25-20(18-9-11-19(23)12-10-18)27(22)14-17-7-5-4-6-8-17/h4-12,15-16H,13-14H2,1-3H3,(H,24,28). The molecule has 0 aliphatic heterocycles. The lowest BCUT2D eigenvalue weighted by atomic mass is 10.2. The summed E-state index contributed by atoms with van der Waals surface area (Å²) in [4.78, 5) is 12.4. The Morgan fingerprint density at radius 3 is 2.41 bits per heavy atom. The predicted molar refractivity (Wildman–Crippen MR) is 119 cm³/mol. The number of amides is 1. The van der Waals surface area contributed by atoms with Crippen LogP contribution in [0.5, 0.6) is 0 Å². The van der Waals surface area contributed by atoms with Crippen LogP contribution in [0.15, 0.2) is 59.8 Å². The Kier molecular flexibility index (Phi) is 7.34. The monoisotopic (exact) mass is 428 g/mol. The highest BCUT2D eigenvalue weighted by Crippen LogP contribution is 2.28. The molecule has 0 spiro atoms. The summed E-state index contributed by atoms with van der Waals surface area (Å²) in [5, 5.41) is 12.9. The molecule has 0 aliphatic rings. The number of aromatic nitrogens is 3. The quantitative estimate of drug-likeness (QED) is 0.518. The van der Waals surface area contributed by atoms with Crippen LogP contribution in [-0.2, 0) is 11.3 Å². The van der Waals surface area contributed by atoms with E-state index in [-0.39, 0.29) is 11.2 Å². The summed E-state index contributed by atoms with van der Waals surface area (Å²) in [6.07, 6.45) is 0. The zero-order valence-electron chi connectivity index (χ0n) is 16.8. The number of carbonyl (C=O) groups excluding carboxylic acids is 1. The third-order valence-corrected chi connectivity index (χ3v) is 5.67. The molecule has 0 fully saturated rings. The topological polar surface area (TPSA) is 59.8 Å². The van der Waals surface area contributed by atoms with Gasteiger partial charge in [0.2, 0.25) is 5.91 Å². The van der Waals surface area contributed by atoms with Crippen LogP contribution in [0.3, 0.4) is 0 Å². The van der Waals surface area contributed by atoms with Crippen molar-refractivity contribution < 1.29 is 4.79 Å². The highest BCUT2D eigenvalue weighted by molar-refractivity contribution is 8.00. The molecule has 29 heavy (non-hydrogen) atoms. The Morgan fingerprint density at radius 2 is 1.76 bits per heavy atom. The largest absolute Gasteiger partial charge is 0.355 e. The Balaban J connectivity index is 1.88. The Hall–Kier alpha value is -2.31. The molecule has 1 unspecified atom stereocenters. The number of hydrogen-bond donors (Lipinski definition) is 1. The summed E-state index contributed by atoms with van der Waals surface area (Å²) < 4.78 is 2.05. The van der Waals surface area contributed by atoms with Crippen molar-refractivity contribution in [1.29, 1.82) is 0 Å². The fourth-order valence-electron chi connectivity index (χ4n) is 2.76. The van der Waals surface area contributed by atoms with Crippen molar-refractivity contribution in [1.82, 2.24) is 20.1 Å². The predicted octanol–water partition coefficient (Wildman–Crippen LogP) is 4.90. The number of nitrogens with one attached hydrogen (secondary N) is 1. The average molecular weight is 429 g/mol. The van der Waals surface area contributed by atoms with E-state index in [9.17, 15) is 4.79 Å². The molecule has 0 radical (unpaired) electrons. The van der Waals surface area contributed by atoms with Gasteiger partial charge in [-0.25, -0.2) is 0 Å². The van der Waals surface area contributed by atoms with E-state index in [1.165, 1.54) is 11.8 Å². The molecule has 1 N–H and O–H groups in total. The molecular weight excluding hydrogens is 404 g/mol. The van der Waals surface area contributed by atoms with Gasteiger partial charge in [0, 0.05) is 17.1 Å². The lowest BCUT2D eigenvalue weighted by Crippen LogP contribution is -2.33. The summed E-state index contributed by atoms with van der Waals surface area (Å²) >= 11 is 7.46. The van der Waals surface area contributed by atoms with Crippen molar-refractivity contribution in [3.63, 3.8) is 0 Å². The molecule has 3 rings (SSSR count). The molecule has 1 amide bonds. The minimum Gasteiger partial charge on any atom is -0.355 e. The second kappa shape index (κ2) is 9.94. The molecule has 0 bridgehead atoms. The van der Waals surface area contributed by atoms with E-state index in [0.717, 1.165) is 17.0 Å². The summed E-state index contributed by atoms with van der Waals surface area (Å²) in [5.41, 5.74) is 2.07. The number of nitrogens with zero attached hydrogens (tertiary/aromatic N) is 3. The van der Waals surface area contributed by atoms with Gasteiger partial charge in [0.05, 0.1) is 11.8 Å². The van der Waals surface area contributed by atoms with Crippen LogP contribution in [0.1, 0.15) is 26.3 Å². The van der Waals surface area contributed by atoms with E-state index >= 15 is 0 Å². The van der Waals surface area contributed by atoms with Crippen LogP contribution in [0.2, 0.25) is 5.02 Å². The lowest BCUT2D eigenvalue weighted by molar-refractivity contribution is -0.120. The second-order valence-corrected chi connectivity index (χ2v) is 9.03. The van der Waals surface area contributed by atoms with Crippen molar-refractivity contribution in [2.24, 2.45) is 5.92 Å². The smallest absolute Gasteiger partial charge is 0.233 e. The number of benzene rings is 2. The van der Waals surface area contributed by atoms with Gasteiger partial charge >= 0.3 is 0 Å². The molecule has 0 saturated carbocycles. The molecule has 1 aromatic heterocycles. The van der Waals surface area contributed by atoms with Crippen LogP contribution >= 0.6 is 23.4 Å². The van der Waals surface area contributed by atoms with E-state index in [0.29, 0.717) is 29.2 Å². The van der Waals surface area contributed by atoms with E-state index in [1.54, 1.807) is 0 Å². The van der Waals surface area contributed by atoms with Crippen LogP contribution < -0.4 is 5.32 Å². The lowest BCUT2D eigenvalue weighted by Gasteiger charge is -2.15. The summed E-state index contributed by atoms with van der Waals surface area (Å²) in [5.74, 6) is 1.17. The van der Waals surface area contributed by atoms with Gasteiger partial charge in [-0.15, -0.1) is 10.2 Å². The fraction of sp³-hybridized carbons (Fsp3) is 0.318.